The van der Waals surface area contributed by atoms with Crippen LogP contribution >= 0.6 is 27.5 Å². The van der Waals surface area contributed by atoms with E-state index in [-0.39, 0.29) is 5.91 Å². The lowest BCUT2D eigenvalue weighted by atomic mass is 10.3. The molecule has 0 bridgehead atoms. The highest BCUT2D eigenvalue weighted by Gasteiger charge is 2.08. The summed E-state index contributed by atoms with van der Waals surface area (Å²) in [5.41, 5.74) is 1.15. The summed E-state index contributed by atoms with van der Waals surface area (Å²) >= 11 is 9.22. The van der Waals surface area contributed by atoms with Gasteiger partial charge in [0.15, 0.2) is 0 Å². The quantitative estimate of drug-likeness (QED) is 0.926. The molecule has 6 heteroatoms. The van der Waals surface area contributed by atoms with Gasteiger partial charge in [0.1, 0.15) is 0 Å². The Balaban J connectivity index is 2.15. The minimum Gasteiger partial charge on any atom is -0.322 e. The number of anilines is 1. The van der Waals surface area contributed by atoms with Gasteiger partial charge in [-0.05, 0) is 34.1 Å². The summed E-state index contributed by atoms with van der Waals surface area (Å²) in [5, 5.41) is 7.23. The number of aromatic nitrogens is 2. The fourth-order valence-corrected chi connectivity index (χ4v) is 1.74. The first kappa shape index (κ1) is 12.1. The summed E-state index contributed by atoms with van der Waals surface area (Å²) in [6.07, 6.45) is 3.16. The first-order valence-electron chi connectivity index (χ1n) is 4.81. The van der Waals surface area contributed by atoms with Gasteiger partial charge < -0.3 is 5.32 Å². The third kappa shape index (κ3) is 2.87. The maximum absolute atomic E-state index is 11.8. The molecule has 1 aromatic heterocycles. The van der Waals surface area contributed by atoms with E-state index in [9.17, 15) is 4.79 Å². The van der Waals surface area contributed by atoms with Gasteiger partial charge in [-0.2, -0.15) is 5.10 Å². The molecule has 0 aliphatic rings. The van der Waals surface area contributed by atoms with Crippen LogP contribution in [0.15, 0.2) is 35.1 Å². The highest BCUT2D eigenvalue weighted by atomic mass is 79.9. The van der Waals surface area contributed by atoms with Gasteiger partial charge in [-0.1, -0.05) is 11.6 Å². The number of carbonyl (C=O) groups excluding carboxylic acids is 1. The lowest BCUT2D eigenvalue weighted by molar-refractivity contribution is 0.102. The van der Waals surface area contributed by atoms with Gasteiger partial charge in [0.25, 0.3) is 5.91 Å². The Hall–Kier alpha value is -1.33. The van der Waals surface area contributed by atoms with E-state index in [1.54, 1.807) is 36.1 Å². The number of rotatable bonds is 2. The highest BCUT2D eigenvalue weighted by molar-refractivity contribution is 9.10. The van der Waals surface area contributed by atoms with E-state index in [2.05, 4.69) is 26.3 Å². The third-order valence-corrected chi connectivity index (χ3v) is 3.38. The van der Waals surface area contributed by atoms with Crippen LogP contribution in [0, 0.1) is 0 Å². The molecule has 1 aromatic carbocycles. The minimum atomic E-state index is -0.212. The zero-order chi connectivity index (χ0) is 12.4. The predicted octanol–water partition coefficient (Wildman–Crippen LogP) is 3.09. The summed E-state index contributed by atoms with van der Waals surface area (Å²) in [6.45, 7) is 0. The summed E-state index contributed by atoms with van der Waals surface area (Å²) in [5.74, 6) is -0.212. The molecule has 17 heavy (non-hydrogen) atoms. The summed E-state index contributed by atoms with van der Waals surface area (Å²) < 4.78 is 2.36. The number of hydrogen-bond acceptors (Lipinski definition) is 2. The van der Waals surface area contributed by atoms with Crippen molar-refractivity contribution in [3.05, 3.63) is 45.7 Å². The number of benzene rings is 1. The van der Waals surface area contributed by atoms with Crippen LogP contribution in [0.25, 0.3) is 0 Å². The van der Waals surface area contributed by atoms with Gasteiger partial charge in [0, 0.05) is 23.4 Å². The van der Waals surface area contributed by atoms with Gasteiger partial charge in [-0.3, -0.25) is 9.48 Å². The normalized spacial score (nSPS) is 10.3. The lowest BCUT2D eigenvalue weighted by Crippen LogP contribution is -2.10. The fourth-order valence-electron chi connectivity index (χ4n) is 1.32. The number of carbonyl (C=O) groups is 1. The van der Waals surface area contributed by atoms with Crippen molar-refractivity contribution in [3.8, 4) is 0 Å². The molecule has 0 fully saturated rings. The third-order valence-electron chi connectivity index (χ3n) is 2.14. The second-order valence-electron chi connectivity index (χ2n) is 3.49. The van der Waals surface area contributed by atoms with Gasteiger partial charge >= 0.3 is 0 Å². The van der Waals surface area contributed by atoms with Crippen LogP contribution in [0.2, 0.25) is 5.02 Å². The number of halogens is 2. The topological polar surface area (TPSA) is 46.9 Å². The van der Waals surface area contributed by atoms with E-state index in [1.807, 2.05) is 0 Å². The molecule has 0 saturated heterocycles. The second-order valence-corrected chi connectivity index (χ2v) is 4.75. The molecular formula is C11H9BrClN3O. The van der Waals surface area contributed by atoms with Crippen LogP contribution in [0.4, 0.5) is 5.69 Å². The summed E-state index contributed by atoms with van der Waals surface area (Å²) in [4.78, 5) is 11.8. The van der Waals surface area contributed by atoms with Gasteiger partial charge in [-0.15, -0.1) is 0 Å². The Morgan fingerprint density at radius 1 is 1.53 bits per heavy atom. The van der Waals surface area contributed by atoms with Crippen molar-refractivity contribution in [2.45, 2.75) is 0 Å². The Bertz CT molecular complexity index is 568. The molecule has 0 atom stereocenters. The molecule has 88 valence electrons. The van der Waals surface area contributed by atoms with Gasteiger partial charge in [0.05, 0.1) is 16.8 Å². The van der Waals surface area contributed by atoms with E-state index in [1.165, 1.54) is 6.20 Å². The molecule has 2 aromatic rings. The largest absolute Gasteiger partial charge is 0.322 e. The number of nitrogens with zero attached hydrogens (tertiary/aromatic N) is 2. The molecule has 0 radical (unpaired) electrons. The van der Waals surface area contributed by atoms with Crippen molar-refractivity contribution in [3.63, 3.8) is 0 Å². The molecule has 0 aliphatic carbocycles. The lowest BCUT2D eigenvalue weighted by Gasteiger charge is -2.04. The summed E-state index contributed by atoms with van der Waals surface area (Å²) in [7, 11) is 1.76. The standard InChI is InChI=1S/C11H9BrClN3O/c1-16-6-7(5-14-16)11(17)15-8-2-3-9(12)10(13)4-8/h2-6H,1H3,(H,15,17). The number of aryl methyl sites for hydroxylation is 1. The molecule has 1 amide bonds. The van der Waals surface area contributed by atoms with Crippen LogP contribution < -0.4 is 5.32 Å². The van der Waals surface area contributed by atoms with E-state index < -0.39 is 0 Å². The number of hydrogen-bond donors (Lipinski definition) is 1. The number of nitrogens with one attached hydrogen (secondary N) is 1. The average Bonchev–Trinajstić information content (AvgIpc) is 2.70. The number of amides is 1. The first-order valence-corrected chi connectivity index (χ1v) is 5.98. The molecule has 4 nitrogen and oxygen atoms in total. The predicted molar refractivity (Wildman–Crippen MR) is 70.3 cm³/mol. The van der Waals surface area contributed by atoms with Crippen LogP contribution in [0.3, 0.4) is 0 Å². The molecule has 0 unspecified atom stereocenters. The average molecular weight is 315 g/mol. The van der Waals surface area contributed by atoms with Gasteiger partial charge in [-0.25, -0.2) is 0 Å². The monoisotopic (exact) mass is 313 g/mol. The zero-order valence-corrected chi connectivity index (χ0v) is 11.3. The fraction of sp³-hybridized carbons (Fsp3) is 0.0909. The van der Waals surface area contributed by atoms with Crippen molar-refractivity contribution in [1.82, 2.24) is 9.78 Å². The van der Waals surface area contributed by atoms with Crippen molar-refractivity contribution in [1.29, 1.82) is 0 Å². The second kappa shape index (κ2) is 4.89. The molecule has 1 heterocycles. The van der Waals surface area contributed by atoms with Crippen molar-refractivity contribution >= 4 is 39.1 Å². The maximum Gasteiger partial charge on any atom is 0.258 e. The van der Waals surface area contributed by atoms with Crippen LogP contribution in [-0.2, 0) is 7.05 Å². The Labute approximate surface area is 112 Å². The maximum atomic E-state index is 11.8. The Morgan fingerprint density at radius 3 is 2.88 bits per heavy atom. The molecule has 1 N–H and O–H groups in total. The molecular weight excluding hydrogens is 305 g/mol. The zero-order valence-electron chi connectivity index (χ0n) is 8.95. The van der Waals surface area contributed by atoms with E-state index in [0.29, 0.717) is 16.3 Å². The van der Waals surface area contributed by atoms with Crippen molar-refractivity contribution in [2.75, 3.05) is 5.32 Å². The van der Waals surface area contributed by atoms with Crippen molar-refractivity contribution in [2.24, 2.45) is 7.05 Å². The Morgan fingerprint density at radius 2 is 2.29 bits per heavy atom. The summed E-state index contributed by atoms with van der Waals surface area (Å²) in [6, 6.07) is 5.23. The van der Waals surface area contributed by atoms with Crippen molar-refractivity contribution < 1.29 is 4.79 Å². The van der Waals surface area contributed by atoms with E-state index >= 15 is 0 Å². The first-order chi connectivity index (χ1) is 8.06. The molecule has 0 saturated carbocycles. The van der Waals surface area contributed by atoms with Gasteiger partial charge in [0.2, 0.25) is 0 Å². The smallest absolute Gasteiger partial charge is 0.258 e. The van der Waals surface area contributed by atoms with Crippen LogP contribution in [-0.4, -0.2) is 15.7 Å². The highest BCUT2D eigenvalue weighted by Crippen LogP contribution is 2.25. The van der Waals surface area contributed by atoms with E-state index in [4.69, 9.17) is 11.6 Å². The Kier molecular flexibility index (Phi) is 3.49. The van der Waals surface area contributed by atoms with Crippen LogP contribution in [0.5, 0.6) is 0 Å². The molecule has 0 spiro atoms. The molecule has 0 aliphatic heterocycles. The van der Waals surface area contributed by atoms with E-state index in [0.717, 1.165) is 4.47 Å². The SMILES string of the molecule is Cn1cc(C(=O)Nc2ccc(Br)c(Cl)c2)cn1. The van der Waals surface area contributed by atoms with Crippen LogP contribution in [0.1, 0.15) is 10.4 Å². The minimum absolute atomic E-state index is 0.212. The molecule has 2 rings (SSSR count).